The maximum absolute atomic E-state index is 9.16. The van der Waals surface area contributed by atoms with Gasteiger partial charge in [-0.2, -0.15) is 0 Å². The molecular formula is C19H32O4. The molecule has 132 valence electrons. The highest BCUT2D eigenvalue weighted by atomic mass is 16.6. The van der Waals surface area contributed by atoms with Crippen LogP contribution in [0.15, 0.2) is 11.6 Å². The Bertz CT molecular complexity index is 468. The third-order valence-electron chi connectivity index (χ3n) is 6.02. The number of aliphatic hydroxyl groups excluding tert-OH is 1. The van der Waals surface area contributed by atoms with E-state index in [0.29, 0.717) is 17.9 Å². The van der Waals surface area contributed by atoms with Crippen molar-refractivity contribution in [1.29, 1.82) is 0 Å². The predicted molar refractivity (Wildman–Crippen MR) is 89.3 cm³/mol. The lowest BCUT2D eigenvalue weighted by Crippen LogP contribution is -2.50. The standard InChI is InChI=1S/C19H32O4/c1-12(2)22-15-8-9-19(11-21-19)17(14(15)4)18(5)16(23-18)7-6-13(3)10-20/h6,12,14-17,20H,7-11H2,1-5H3/b13-6+/t14-,15-,16-,17?,18+,19+/m1/s1. The fraction of sp³-hybridized carbons (Fsp3) is 0.895. The first kappa shape index (κ1) is 17.4. The first-order valence-corrected chi connectivity index (χ1v) is 9.06. The molecule has 0 aromatic carbocycles. The summed E-state index contributed by atoms with van der Waals surface area (Å²) in [6, 6.07) is 0. The van der Waals surface area contributed by atoms with Crippen molar-refractivity contribution < 1.29 is 19.3 Å². The molecular weight excluding hydrogens is 292 g/mol. The number of hydrogen-bond acceptors (Lipinski definition) is 4. The van der Waals surface area contributed by atoms with E-state index in [-0.39, 0.29) is 30.0 Å². The molecule has 1 N–H and O–H groups in total. The number of rotatable bonds is 6. The summed E-state index contributed by atoms with van der Waals surface area (Å²) in [5, 5.41) is 9.16. The van der Waals surface area contributed by atoms with Crippen LogP contribution in [0.2, 0.25) is 0 Å². The smallest absolute Gasteiger partial charge is 0.0983 e. The van der Waals surface area contributed by atoms with Crippen molar-refractivity contribution in [3.05, 3.63) is 11.6 Å². The first-order valence-electron chi connectivity index (χ1n) is 9.06. The zero-order valence-electron chi connectivity index (χ0n) is 15.2. The number of ether oxygens (including phenoxy) is 3. The summed E-state index contributed by atoms with van der Waals surface area (Å²) >= 11 is 0. The zero-order chi connectivity index (χ0) is 16.8. The van der Waals surface area contributed by atoms with Crippen molar-refractivity contribution in [2.75, 3.05) is 13.2 Å². The first-order chi connectivity index (χ1) is 10.8. The molecule has 0 aromatic rings. The summed E-state index contributed by atoms with van der Waals surface area (Å²) < 4.78 is 18.3. The highest BCUT2D eigenvalue weighted by Crippen LogP contribution is 2.60. The Labute approximate surface area is 140 Å². The SMILES string of the molecule is C/C(=C\C[C@H]1O[C@]1(C)C1[C@H](C)[C@H](OC(C)C)CC[C@]12CO2)CO. The highest BCUT2D eigenvalue weighted by molar-refractivity contribution is 5.19. The number of hydrogen-bond donors (Lipinski definition) is 1. The van der Waals surface area contributed by atoms with Crippen molar-refractivity contribution >= 4 is 0 Å². The van der Waals surface area contributed by atoms with Gasteiger partial charge in [-0.05, 0) is 52.9 Å². The minimum atomic E-state index is -0.124. The molecule has 1 saturated carbocycles. The summed E-state index contributed by atoms with van der Waals surface area (Å²) in [6.45, 7) is 11.7. The second-order valence-corrected chi connectivity index (χ2v) is 8.19. The lowest BCUT2D eigenvalue weighted by Gasteiger charge is -2.43. The van der Waals surface area contributed by atoms with E-state index in [4.69, 9.17) is 19.3 Å². The molecule has 4 heteroatoms. The van der Waals surface area contributed by atoms with Gasteiger partial charge >= 0.3 is 0 Å². The number of aliphatic hydroxyl groups is 1. The molecule has 3 fully saturated rings. The average molecular weight is 324 g/mol. The Morgan fingerprint density at radius 3 is 2.70 bits per heavy atom. The van der Waals surface area contributed by atoms with Crippen molar-refractivity contribution in [3.63, 3.8) is 0 Å². The summed E-state index contributed by atoms with van der Waals surface area (Å²) in [7, 11) is 0. The van der Waals surface area contributed by atoms with Gasteiger partial charge in [0.1, 0.15) is 0 Å². The largest absolute Gasteiger partial charge is 0.392 e. The Morgan fingerprint density at radius 2 is 2.13 bits per heavy atom. The minimum Gasteiger partial charge on any atom is -0.392 e. The van der Waals surface area contributed by atoms with Gasteiger partial charge < -0.3 is 19.3 Å². The number of epoxide rings is 2. The summed E-state index contributed by atoms with van der Waals surface area (Å²) in [5.41, 5.74) is 0.911. The molecule has 2 aliphatic heterocycles. The van der Waals surface area contributed by atoms with Crippen LogP contribution in [-0.2, 0) is 14.2 Å². The summed E-state index contributed by atoms with van der Waals surface area (Å²) in [6.07, 6.45) is 5.93. The van der Waals surface area contributed by atoms with Crippen LogP contribution < -0.4 is 0 Å². The highest BCUT2D eigenvalue weighted by Gasteiger charge is 2.70. The molecule has 0 aromatic heterocycles. The maximum Gasteiger partial charge on any atom is 0.0983 e. The quantitative estimate of drug-likeness (QED) is 0.602. The third-order valence-corrected chi connectivity index (χ3v) is 6.02. The van der Waals surface area contributed by atoms with Gasteiger partial charge in [0, 0.05) is 5.92 Å². The molecule has 1 unspecified atom stereocenters. The molecule has 2 saturated heterocycles. The average Bonchev–Trinajstić information content (AvgIpc) is 3.39. The minimum absolute atomic E-state index is 0.0233. The maximum atomic E-state index is 9.16. The molecule has 0 radical (unpaired) electrons. The van der Waals surface area contributed by atoms with Crippen LogP contribution in [0.3, 0.4) is 0 Å². The summed E-state index contributed by atoms with van der Waals surface area (Å²) in [5.74, 6) is 0.826. The fourth-order valence-electron chi connectivity index (χ4n) is 4.70. The van der Waals surface area contributed by atoms with Crippen LogP contribution in [0.4, 0.5) is 0 Å². The monoisotopic (exact) mass is 324 g/mol. The van der Waals surface area contributed by atoms with Gasteiger partial charge in [0.15, 0.2) is 0 Å². The van der Waals surface area contributed by atoms with Gasteiger partial charge in [0.05, 0.1) is 42.7 Å². The Morgan fingerprint density at radius 1 is 1.43 bits per heavy atom. The molecule has 23 heavy (non-hydrogen) atoms. The lowest BCUT2D eigenvalue weighted by atomic mass is 9.64. The van der Waals surface area contributed by atoms with E-state index in [0.717, 1.165) is 31.4 Å². The van der Waals surface area contributed by atoms with Crippen LogP contribution >= 0.6 is 0 Å². The van der Waals surface area contributed by atoms with Crippen LogP contribution in [0, 0.1) is 11.8 Å². The van der Waals surface area contributed by atoms with Gasteiger partial charge in [-0.3, -0.25) is 0 Å². The lowest BCUT2D eigenvalue weighted by molar-refractivity contribution is -0.0930. The van der Waals surface area contributed by atoms with Crippen LogP contribution in [0.5, 0.6) is 0 Å². The van der Waals surface area contributed by atoms with E-state index in [9.17, 15) is 0 Å². The zero-order valence-corrected chi connectivity index (χ0v) is 15.2. The molecule has 1 spiro atoms. The Hall–Kier alpha value is -0.420. The van der Waals surface area contributed by atoms with Crippen molar-refractivity contribution in [2.24, 2.45) is 11.8 Å². The topological polar surface area (TPSA) is 54.5 Å². The molecule has 6 atom stereocenters. The molecule has 2 heterocycles. The second-order valence-electron chi connectivity index (χ2n) is 8.19. The molecule has 3 aliphatic rings. The summed E-state index contributed by atoms with van der Waals surface area (Å²) in [4.78, 5) is 0. The molecule has 3 rings (SSSR count). The van der Waals surface area contributed by atoms with Crippen molar-refractivity contribution in [2.45, 2.75) is 83.4 Å². The van der Waals surface area contributed by atoms with E-state index in [1.807, 2.05) is 6.92 Å². The van der Waals surface area contributed by atoms with Crippen molar-refractivity contribution in [3.8, 4) is 0 Å². The third kappa shape index (κ3) is 3.23. The van der Waals surface area contributed by atoms with Gasteiger partial charge in [-0.25, -0.2) is 0 Å². The van der Waals surface area contributed by atoms with Gasteiger partial charge in [0.25, 0.3) is 0 Å². The van der Waals surface area contributed by atoms with E-state index in [2.05, 4.69) is 33.8 Å². The van der Waals surface area contributed by atoms with Crippen LogP contribution in [-0.4, -0.2) is 47.8 Å². The van der Waals surface area contributed by atoms with E-state index in [1.54, 1.807) is 0 Å². The van der Waals surface area contributed by atoms with Gasteiger partial charge in [0.2, 0.25) is 0 Å². The van der Waals surface area contributed by atoms with Gasteiger partial charge in [-0.1, -0.05) is 18.6 Å². The second kappa shape index (κ2) is 6.14. The molecule has 1 aliphatic carbocycles. The van der Waals surface area contributed by atoms with E-state index >= 15 is 0 Å². The van der Waals surface area contributed by atoms with Crippen LogP contribution in [0.1, 0.15) is 53.9 Å². The molecule has 0 bridgehead atoms. The normalized spacial score (nSPS) is 46.5. The van der Waals surface area contributed by atoms with E-state index < -0.39 is 0 Å². The predicted octanol–water partition coefficient (Wildman–Crippen LogP) is 3.08. The Balaban J connectivity index is 1.71. The van der Waals surface area contributed by atoms with Crippen molar-refractivity contribution in [1.82, 2.24) is 0 Å². The fourth-order valence-corrected chi connectivity index (χ4v) is 4.70. The Kier molecular flexibility index (Phi) is 4.65. The molecule has 4 nitrogen and oxygen atoms in total. The van der Waals surface area contributed by atoms with Gasteiger partial charge in [-0.15, -0.1) is 0 Å². The molecule has 0 amide bonds. The van der Waals surface area contributed by atoms with Crippen LogP contribution in [0.25, 0.3) is 0 Å². The van der Waals surface area contributed by atoms with E-state index in [1.165, 1.54) is 0 Å².